The summed E-state index contributed by atoms with van der Waals surface area (Å²) in [5.41, 5.74) is 1.78. The van der Waals surface area contributed by atoms with E-state index in [1.807, 2.05) is 6.92 Å². The molecule has 0 bridgehead atoms. The maximum atomic E-state index is 9.19. The molecule has 0 fully saturated rings. The molecule has 0 aliphatic heterocycles. The second-order valence-electron chi connectivity index (χ2n) is 3.21. The SMILES string of the molecule is C/C(=C/C(C)O)c1cc(Cl)ccc1Cl. The second-order valence-corrected chi connectivity index (χ2v) is 4.06. The van der Waals surface area contributed by atoms with Crippen molar-refractivity contribution in [1.82, 2.24) is 0 Å². The van der Waals surface area contributed by atoms with Crippen LogP contribution in [0.2, 0.25) is 10.0 Å². The molecule has 0 saturated heterocycles. The van der Waals surface area contributed by atoms with E-state index in [0.717, 1.165) is 11.1 Å². The van der Waals surface area contributed by atoms with Crippen molar-refractivity contribution in [3.63, 3.8) is 0 Å². The second kappa shape index (κ2) is 4.83. The largest absolute Gasteiger partial charge is 0.389 e. The number of hydrogen-bond acceptors (Lipinski definition) is 1. The summed E-state index contributed by atoms with van der Waals surface area (Å²) < 4.78 is 0. The summed E-state index contributed by atoms with van der Waals surface area (Å²) in [4.78, 5) is 0. The van der Waals surface area contributed by atoms with Crippen molar-refractivity contribution in [2.45, 2.75) is 20.0 Å². The smallest absolute Gasteiger partial charge is 0.0698 e. The van der Waals surface area contributed by atoms with Crippen LogP contribution in [0.1, 0.15) is 19.4 Å². The van der Waals surface area contributed by atoms with Gasteiger partial charge in [0.25, 0.3) is 0 Å². The van der Waals surface area contributed by atoms with Crippen LogP contribution in [0.25, 0.3) is 5.57 Å². The molecule has 0 amide bonds. The van der Waals surface area contributed by atoms with E-state index in [-0.39, 0.29) is 0 Å². The summed E-state index contributed by atoms with van der Waals surface area (Å²) in [5.74, 6) is 0. The molecule has 1 rings (SSSR count). The minimum Gasteiger partial charge on any atom is -0.389 e. The van der Waals surface area contributed by atoms with Gasteiger partial charge in [0, 0.05) is 10.0 Å². The van der Waals surface area contributed by atoms with Crippen LogP contribution in [0.4, 0.5) is 0 Å². The van der Waals surface area contributed by atoms with Gasteiger partial charge >= 0.3 is 0 Å². The zero-order valence-corrected chi connectivity index (χ0v) is 9.60. The van der Waals surface area contributed by atoms with E-state index >= 15 is 0 Å². The minimum atomic E-state index is -0.481. The standard InChI is InChI=1S/C11H12Cl2O/c1-7(5-8(2)14)10-6-9(12)3-4-11(10)13/h3-6,8,14H,1-2H3/b7-5-. The topological polar surface area (TPSA) is 20.2 Å². The highest BCUT2D eigenvalue weighted by Crippen LogP contribution is 2.26. The predicted octanol–water partition coefficient (Wildman–Crippen LogP) is 3.78. The predicted molar refractivity (Wildman–Crippen MR) is 61.8 cm³/mol. The fraction of sp³-hybridized carbons (Fsp3) is 0.273. The lowest BCUT2D eigenvalue weighted by molar-refractivity contribution is 0.244. The quantitative estimate of drug-likeness (QED) is 0.821. The lowest BCUT2D eigenvalue weighted by atomic mass is 10.1. The minimum absolute atomic E-state index is 0.481. The molecule has 3 heteroatoms. The van der Waals surface area contributed by atoms with E-state index in [2.05, 4.69) is 0 Å². The molecule has 1 atom stereocenters. The molecule has 0 aliphatic rings. The van der Waals surface area contributed by atoms with Crippen molar-refractivity contribution in [1.29, 1.82) is 0 Å². The number of benzene rings is 1. The summed E-state index contributed by atoms with van der Waals surface area (Å²) in [7, 11) is 0. The Kier molecular flexibility index (Phi) is 3.99. The number of aliphatic hydroxyl groups is 1. The molecule has 0 spiro atoms. The van der Waals surface area contributed by atoms with Gasteiger partial charge in [-0.25, -0.2) is 0 Å². The van der Waals surface area contributed by atoms with Crippen LogP contribution in [0, 0.1) is 0 Å². The first-order chi connectivity index (χ1) is 6.50. The molecule has 1 aromatic rings. The summed E-state index contributed by atoms with van der Waals surface area (Å²) in [5, 5.41) is 10.5. The van der Waals surface area contributed by atoms with E-state index in [4.69, 9.17) is 23.2 Å². The van der Waals surface area contributed by atoms with Gasteiger partial charge in [-0.15, -0.1) is 0 Å². The summed E-state index contributed by atoms with van der Waals surface area (Å²) in [6, 6.07) is 5.28. The van der Waals surface area contributed by atoms with E-state index in [0.29, 0.717) is 10.0 Å². The Balaban J connectivity index is 3.12. The van der Waals surface area contributed by atoms with Crippen molar-refractivity contribution >= 4 is 28.8 Å². The van der Waals surface area contributed by atoms with Gasteiger partial charge in [0.05, 0.1) is 6.10 Å². The van der Waals surface area contributed by atoms with Gasteiger partial charge in [0.1, 0.15) is 0 Å². The Morgan fingerprint density at radius 3 is 2.64 bits per heavy atom. The van der Waals surface area contributed by atoms with Crippen LogP contribution in [-0.4, -0.2) is 11.2 Å². The third-order valence-corrected chi connectivity index (χ3v) is 2.41. The van der Waals surface area contributed by atoms with Gasteiger partial charge in [-0.3, -0.25) is 0 Å². The molecular formula is C11H12Cl2O. The van der Waals surface area contributed by atoms with E-state index < -0.39 is 6.10 Å². The summed E-state index contributed by atoms with van der Waals surface area (Å²) >= 11 is 11.8. The first-order valence-corrected chi connectivity index (χ1v) is 5.08. The lowest BCUT2D eigenvalue weighted by Crippen LogP contribution is -1.94. The number of rotatable bonds is 2. The van der Waals surface area contributed by atoms with E-state index in [1.54, 1.807) is 31.2 Å². The monoisotopic (exact) mass is 230 g/mol. The van der Waals surface area contributed by atoms with Crippen molar-refractivity contribution in [2.24, 2.45) is 0 Å². The van der Waals surface area contributed by atoms with Crippen molar-refractivity contribution in [3.8, 4) is 0 Å². The van der Waals surface area contributed by atoms with E-state index in [9.17, 15) is 5.11 Å². The highest BCUT2D eigenvalue weighted by molar-refractivity contribution is 6.34. The Morgan fingerprint density at radius 1 is 1.43 bits per heavy atom. The van der Waals surface area contributed by atoms with E-state index in [1.165, 1.54) is 0 Å². The number of allylic oxidation sites excluding steroid dienone is 1. The fourth-order valence-corrected chi connectivity index (χ4v) is 1.69. The third kappa shape index (κ3) is 3.02. The maximum absolute atomic E-state index is 9.19. The van der Waals surface area contributed by atoms with Gasteiger partial charge in [0.2, 0.25) is 0 Å². The Bertz CT molecular complexity index is 356. The maximum Gasteiger partial charge on any atom is 0.0698 e. The molecule has 0 heterocycles. The highest BCUT2D eigenvalue weighted by atomic mass is 35.5. The van der Waals surface area contributed by atoms with Gasteiger partial charge in [0.15, 0.2) is 0 Å². The zero-order chi connectivity index (χ0) is 10.7. The molecule has 14 heavy (non-hydrogen) atoms. The Labute approximate surface area is 94.0 Å². The van der Waals surface area contributed by atoms with Gasteiger partial charge in [-0.2, -0.15) is 0 Å². The van der Waals surface area contributed by atoms with Crippen LogP contribution < -0.4 is 0 Å². The van der Waals surface area contributed by atoms with Crippen LogP contribution in [-0.2, 0) is 0 Å². The molecule has 0 saturated carbocycles. The third-order valence-electron chi connectivity index (χ3n) is 1.84. The molecule has 0 radical (unpaired) electrons. The van der Waals surface area contributed by atoms with Gasteiger partial charge in [-0.1, -0.05) is 29.3 Å². The summed E-state index contributed by atoms with van der Waals surface area (Å²) in [6.45, 7) is 3.59. The van der Waals surface area contributed by atoms with Gasteiger partial charge < -0.3 is 5.11 Å². The van der Waals surface area contributed by atoms with Crippen LogP contribution in [0.3, 0.4) is 0 Å². The average molecular weight is 231 g/mol. The first kappa shape index (κ1) is 11.6. The molecule has 76 valence electrons. The number of aliphatic hydroxyl groups excluding tert-OH is 1. The van der Waals surface area contributed by atoms with Crippen molar-refractivity contribution < 1.29 is 5.11 Å². The molecule has 1 nitrogen and oxygen atoms in total. The van der Waals surface area contributed by atoms with Crippen molar-refractivity contribution in [2.75, 3.05) is 0 Å². The van der Waals surface area contributed by atoms with Crippen LogP contribution in [0.15, 0.2) is 24.3 Å². The zero-order valence-electron chi connectivity index (χ0n) is 8.09. The number of halogens is 2. The molecule has 0 aliphatic carbocycles. The molecule has 1 unspecified atom stereocenters. The number of hydrogen-bond donors (Lipinski definition) is 1. The Morgan fingerprint density at radius 2 is 2.07 bits per heavy atom. The summed E-state index contributed by atoms with van der Waals surface area (Å²) in [6.07, 6.45) is 1.25. The molecular weight excluding hydrogens is 219 g/mol. The molecule has 1 aromatic carbocycles. The fourth-order valence-electron chi connectivity index (χ4n) is 1.25. The van der Waals surface area contributed by atoms with Gasteiger partial charge in [-0.05, 0) is 43.2 Å². The van der Waals surface area contributed by atoms with Crippen LogP contribution >= 0.6 is 23.2 Å². The lowest BCUT2D eigenvalue weighted by Gasteiger charge is -2.06. The first-order valence-electron chi connectivity index (χ1n) is 4.32. The molecule has 1 N–H and O–H groups in total. The average Bonchev–Trinajstić information content (AvgIpc) is 2.08. The van der Waals surface area contributed by atoms with Crippen LogP contribution in [0.5, 0.6) is 0 Å². The highest BCUT2D eigenvalue weighted by Gasteiger charge is 2.03. The normalized spacial score (nSPS) is 14.2. The van der Waals surface area contributed by atoms with Crippen molar-refractivity contribution in [3.05, 3.63) is 39.9 Å². The molecule has 0 aromatic heterocycles. The Hall–Kier alpha value is -0.500.